The number of rotatable bonds is 7. The lowest BCUT2D eigenvalue weighted by Crippen LogP contribution is -2.28. The number of amides is 1. The van der Waals surface area contributed by atoms with Crippen LogP contribution in [0.4, 0.5) is 0 Å². The number of carbonyl (C=O) groups excluding carboxylic acids is 1. The van der Waals surface area contributed by atoms with Gasteiger partial charge in [-0.05, 0) is 27.1 Å². The lowest BCUT2D eigenvalue weighted by Gasteiger charge is -2.10. The average Bonchev–Trinajstić information content (AvgIpc) is 2.02. The summed E-state index contributed by atoms with van der Waals surface area (Å²) in [6.45, 7) is 6.23. The molecule has 76 valence electrons. The van der Waals surface area contributed by atoms with Crippen LogP contribution in [-0.2, 0) is 4.79 Å². The highest BCUT2D eigenvalue weighted by Gasteiger charge is 1.99. The van der Waals surface area contributed by atoms with Crippen molar-refractivity contribution >= 4 is 5.91 Å². The number of hydrogen-bond acceptors (Lipinski definition) is 3. The van der Waals surface area contributed by atoms with E-state index in [2.05, 4.69) is 16.8 Å². The van der Waals surface area contributed by atoms with Gasteiger partial charge in [0, 0.05) is 18.7 Å². The van der Waals surface area contributed by atoms with Crippen molar-refractivity contribution in [2.45, 2.75) is 6.42 Å². The second-order valence-corrected chi connectivity index (χ2v) is 3.27. The molecule has 0 bridgehead atoms. The van der Waals surface area contributed by atoms with Gasteiger partial charge in [-0.2, -0.15) is 0 Å². The molecule has 0 aromatic carbocycles. The van der Waals surface area contributed by atoms with Crippen LogP contribution in [0, 0.1) is 0 Å². The second kappa shape index (κ2) is 6.62. The molecule has 4 heteroatoms. The molecule has 4 nitrogen and oxygen atoms in total. The fourth-order valence-electron chi connectivity index (χ4n) is 0.790. The highest BCUT2D eigenvalue weighted by atomic mass is 16.1. The van der Waals surface area contributed by atoms with E-state index in [9.17, 15) is 4.79 Å². The highest BCUT2D eigenvalue weighted by Crippen LogP contribution is 1.93. The van der Waals surface area contributed by atoms with Crippen molar-refractivity contribution in [3.63, 3.8) is 0 Å². The van der Waals surface area contributed by atoms with Crippen molar-refractivity contribution in [3.05, 3.63) is 12.2 Å². The molecule has 0 aliphatic carbocycles. The molecule has 0 aromatic rings. The molecule has 0 aromatic heterocycles. The summed E-state index contributed by atoms with van der Waals surface area (Å²) >= 11 is 0. The molecular weight excluding hydrogens is 166 g/mol. The topological polar surface area (TPSA) is 58.4 Å². The van der Waals surface area contributed by atoms with Gasteiger partial charge in [-0.1, -0.05) is 6.58 Å². The Morgan fingerprint density at radius 2 is 2.08 bits per heavy atom. The van der Waals surface area contributed by atoms with E-state index in [4.69, 9.17) is 5.73 Å². The van der Waals surface area contributed by atoms with Crippen LogP contribution in [0.5, 0.6) is 0 Å². The molecule has 0 heterocycles. The van der Waals surface area contributed by atoms with Gasteiger partial charge in [-0.15, -0.1) is 0 Å². The van der Waals surface area contributed by atoms with Crippen LogP contribution in [0.3, 0.4) is 0 Å². The number of primary amides is 1. The summed E-state index contributed by atoms with van der Waals surface area (Å²) < 4.78 is 0. The van der Waals surface area contributed by atoms with E-state index in [1.165, 1.54) is 0 Å². The molecule has 0 unspecified atom stereocenters. The monoisotopic (exact) mass is 185 g/mol. The van der Waals surface area contributed by atoms with Crippen molar-refractivity contribution in [2.75, 3.05) is 33.7 Å². The third kappa shape index (κ3) is 7.49. The summed E-state index contributed by atoms with van der Waals surface area (Å²) in [6.07, 6.45) is 0.628. The molecule has 3 N–H and O–H groups in total. The van der Waals surface area contributed by atoms with Crippen LogP contribution in [0.1, 0.15) is 6.42 Å². The van der Waals surface area contributed by atoms with Gasteiger partial charge in [0.25, 0.3) is 0 Å². The lowest BCUT2D eigenvalue weighted by atomic mass is 10.2. The van der Waals surface area contributed by atoms with Gasteiger partial charge in [0.2, 0.25) is 5.91 Å². The minimum Gasteiger partial charge on any atom is -0.366 e. The molecule has 0 fully saturated rings. The van der Waals surface area contributed by atoms with E-state index in [0.29, 0.717) is 12.0 Å². The number of nitrogens with two attached hydrogens (primary N) is 1. The van der Waals surface area contributed by atoms with Gasteiger partial charge in [-0.25, -0.2) is 0 Å². The number of carbonyl (C=O) groups is 1. The Kier molecular flexibility index (Phi) is 6.18. The van der Waals surface area contributed by atoms with Crippen LogP contribution in [0.2, 0.25) is 0 Å². The van der Waals surface area contributed by atoms with Crippen molar-refractivity contribution in [2.24, 2.45) is 5.73 Å². The van der Waals surface area contributed by atoms with Crippen LogP contribution in [0.15, 0.2) is 12.2 Å². The van der Waals surface area contributed by atoms with Crippen LogP contribution < -0.4 is 11.1 Å². The summed E-state index contributed by atoms with van der Waals surface area (Å²) in [4.78, 5) is 12.7. The van der Waals surface area contributed by atoms with E-state index >= 15 is 0 Å². The molecular formula is C9H19N3O. The highest BCUT2D eigenvalue weighted by molar-refractivity contribution is 5.91. The number of nitrogens with one attached hydrogen (secondary N) is 1. The first-order valence-corrected chi connectivity index (χ1v) is 4.37. The molecule has 0 aliphatic heterocycles. The summed E-state index contributed by atoms with van der Waals surface area (Å²) in [7, 11) is 4.04. The quantitative estimate of drug-likeness (QED) is 0.418. The second-order valence-electron chi connectivity index (χ2n) is 3.27. The average molecular weight is 185 g/mol. The fourth-order valence-corrected chi connectivity index (χ4v) is 0.790. The minimum atomic E-state index is -0.408. The van der Waals surface area contributed by atoms with Gasteiger partial charge in [0.15, 0.2) is 0 Å². The maximum atomic E-state index is 10.6. The Hall–Kier alpha value is -0.870. The Bertz CT molecular complexity index is 178. The smallest absolute Gasteiger partial charge is 0.244 e. The zero-order valence-corrected chi connectivity index (χ0v) is 8.47. The fraction of sp³-hybridized carbons (Fsp3) is 0.667. The normalized spacial score (nSPS) is 10.4. The maximum Gasteiger partial charge on any atom is 0.244 e. The van der Waals surface area contributed by atoms with Crippen molar-refractivity contribution in [1.82, 2.24) is 10.2 Å². The molecule has 0 aliphatic rings. The van der Waals surface area contributed by atoms with Crippen molar-refractivity contribution in [1.29, 1.82) is 0 Å². The SMILES string of the molecule is C=C(CCNCCN(C)C)C(N)=O. The first kappa shape index (κ1) is 12.1. The van der Waals surface area contributed by atoms with Gasteiger partial charge in [-0.3, -0.25) is 4.79 Å². The lowest BCUT2D eigenvalue weighted by molar-refractivity contribution is -0.114. The number of nitrogens with zero attached hydrogens (tertiary/aromatic N) is 1. The summed E-state index contributed by atoms with van der Waals surface area (Å²) in [5, 5.41) is 3.19. The zero-order valence-electron chi connectivity index (χ0n) is 8.47. The van der Waals surface area contributed by atoms with Gasteiger partial charge >= 0.3 is 0 Å². The Labute approximate surface area is 79.8 Å². The molecule has 13 heavy (non-hydrogen) atoms. The molecule has 0 radical (unpaired) electrons. The first-order valence-electron chi connectivity index (χ1n) is 4.37. The molecule has 1 amide bonds. The molecule has 0 saturated heterocycles. The Morgan fingerprint density at radius 3 is 2.54 bits per heavy atom. The summed E-state index contributed by atoms with van der Waals surface area (Å²) in [5.74, 6) is -0.408. The predicted molar refractivity (Wildman–Crippen MR) is 54.4 cm³/mol. The Balaban J connectivity index is 3.26. The first-order chi connectivity index (χ1) is 6.04. The molecule has 0 spiro atoms. The number of likely N-dealkylation sites (N-methyl/N-ethyl adjacent to an activating group) is 1. The van der Waals surface area contributed by atoms with E-state index in [0.717, 1.165) is 19.6 Å². The largest absolute Gasteiger partial charge is 0.366 e. The van der Waals surface area contributed by atoms with Gasteiger partial charge in [0.1, 0.15) is 0 Å². The maximum absolute atomic E-state index is 10.6. The number of hydrogen-bond donors (Lipinski definition) is 2. The van der Waals surface area contributed by atoms with E-state index < -0.39 is 5.91 Å². The summed E-state index contributed by atoms with van der Waals surface area (Å²) in [6, 6.07) is 0. The van der Waals surface area contributed by atoms with E-state index in [1.54, 1.807) is 0 Å². The van der Waals surface area contributed by atoms with Crippen LogP contribution in [0.25, 0.3) is 0 Å². The predicted octanol–water partition coefficient (Wildman–Crippen LogP) is -0.431. The van der Waals surface area contributed by atoms with E-state index in [-0.39, 0.29) is 0 Å². The minimum absolute atomic E-state index is 0.408. The standard InChI is InChI=1S/C9H19N3O/c1-8(9(10)13)4-5-11-6-7-12(2)3/h11H,1,4-7H2,2-3H3,(H2,10,13). The van der Waals surface area contributed by atoms with Gasteiger partial charge < -0.3 is 16.0 Å². The van der Waals surface area contributed by atoms with Crippen LogP contribution in [-0.4, -0.2) is 44.5 Å². The molecule has 0 saturated carbocycles. The summed E-state index contributed by atoms with van der Waals surface area (Å²) in [5.41, 5.74) is 5.51. The third-order valence-corrected chi connectivity index (χ3v) is 1.69. The van der Waals surface area contributed by atoms with Crippen LogP contribution >= 0.6 is 0 Å². The van der Waals surface area contributed by atoms with Crippen molar-refractivity contribution < 1.29 is 4.79 Å². The zero-order chi connectivity index (χ0) is 10.3. The third-order valence-electron chi connectivity index (χ3n) is 1.69. The Morgan fingerprint density at radius 1 is 1.46 bits per heavy atom. The van der Waals surface area contributed by atoms with Crippen molar-refractivity contribution in [3.8, 4) is 0 Å². The van der Waals surface area contributed by atoms with Gasteiger partial charge in [0.05, 0.1) is 0 Å². The molecule has 0 atom stereocenters. The van der Waals surface area contributed by atoms with E-state index in [1.807, 2.05) is 14.1 Å². The molecule has 0 rings (SSSR count).